The van der Waals surface area contributed by atoms with Crippen LogP contribution in [-0.4, -0.2) is 43.8 Å². The molecule has 1 amide bonds. The molecule has 25 heavy (non-hydrogen) atoms. The number of nitrogens with zero attached hydrogens (tertiary/aromatic N) is 2. The molecule has 134 valence electrons. The predicted octanol–water partition coefficient (Wildman–Crippen LogP) is 1.45. The summed E-state index contributed by atoms with van der Waals surface area (Å²) < 4.78 is 25.9. The molecule has 0 radical (unpaired) electrons. The number of aromatic nitrogens is 1. The summed E-state index contributed by atoms with van der Waals surface area (Å²) in [5, 5.41) is 5.97. The summed E-state index contributed by atoms with van der Waals surface area (Å²) in [6.07, 6.45) is 2.75. The van der Waals surface area contributed by atoms with Gasteiger partial charge < -0.3 is 10.6 Å². The minimum atomic E-state index is -3.75. The Labute approximate surface area is 148 Å². The number of pyridine rings is 1. The van der Waals surface area contributed by atoms with Gasteiger partial charge in [0.05, 0.1) is 6.54 Å². The highest BCUT2D eigenvalue weighted by molar-refractivity contribution is 7.89. The molecular weight excluding hydrogens is 340 g/mol. The van der Waals surface area contributed by atoms with Crippen molar-refractivity contribution in [1.29, 1.82) is 0 Å². The normalized spacial score (nSPS) is 11.5. The number of nitrogens with one attached hydrogen (secondary N) is 2. The van der Waals surface area contributed by atoms with Crippen molar-refractivity contribution in [1.82, 2.24) is 14.6 Å². The average Bonchev–Trinajstić information content (AvgIpc) is 2.61. The van der Waals surface area contributed by atoms with Crippen LogP contribution in [0.2, 0.25) is 0 Å². The number of likely N-dealkylation sites (N-methyl/N-ethyl adjacent to an activating group) is 1. The molecule has 7 nitrogen and oxygen atoms in total. The molecule has 1 aromatic heterocycles. The molecule has 0 atom stereocenters. The number of amides is 1. The molecule has 0 spiro atoms. The Balaban J connectivity index is 2.05. The second kappa shape index (κ2) is 8.70. The van der Waals surface area contributed by atoms with Gasteiger partial charge in [0, 0.05) is 31.7 Å². The van der Waals surface area contributed by atoms with Gasteiger partial charge in [-0.05, 0) is 30.3 Å². The maximum atomic E-state index is 12.4. The van der Waals surface area contributed by atoms with E-state index in [1.807, 2.05) is 25.1 Å². The van der Waals surface area contributed by atoms with Gasteiger partial charge in [0.15, 0.2) is 0 Å². The second-order valence-corrected chi connectivity index (χ2v) is 7.48. The fourth-order valence-electron chi connectivity index (χ4n) is 2.21. The van der Waals surface area contributed by atoms with Crippen molar-refractivity contribution in [3.8, 4) is 0 Å². The minimum absolute atomic E-state index is 0.0536. The van der Waals surface area contributed by atoms with Crippen LogP contribution in [0, 0.1) is 0 Å². The molecule has 1 heterocycles. The van der Waals surface area contributed by atoms with Gasteiger partial charge in [-0.2, -0.15) is 4.31 Å². The van der Waals surface area contributed by atoms with Crippen LogP contribution >= 0.6 is 0 Å². The average molecular weight is 362 g/mol. The Morgan fingerprint density at radius 1 is 1.20 bits per heavy atom. The Morgan fingerprint density at radius 3 is 2.64 bits per heavy atom. The SMILES string of the molecule is CCNCc1ccccc1NC(=O)CN(C)S(=O)(=O)c1cccnc1. The first-order chi connectivity index (χ1) is 11.9. The van der Waals surface area contributed by atoms with E-state index in [-0.39, 0.29) is 11.4 Å². The van der Waals surface area contributed by atoms with Crippen LogP contribution in [0.1, 0.15) is 12.5 Å². The number of rotatable bonds is 8. The van der Waals surface area contributed by atoms with E-state index in [2.05, 4.69) is 15.6 Å². The number of anilines is 1. The van der Waals surface area contributed by atoms with E-state index in [0.717, 1.165) is 16.4 Å². The van der Waals surface area contributed by atoms with E-state index >= 15 is 0 Å². The number of carbonyl (C=O) groups excluding carboxylic acids is 1. The first-order valence-corrected chi connectivity index (χ1v) is 9.34. The molecule has 0 fully saturated rings. The summed E-state index contributed by atoms with van der Waals surface area (Å²) in [5.41, 5.74) is 1.61. The molecule has 2 N–H and O–H groups in total. The van der Waals surface area contributed by atoms with E-state index in [0.29, 0.717) is 12.2 Å². The lowest BCUT2D eigenvalue weighted by atomic mass is 10.1. The Kier molecular flexibility index (Phi) is 6.63. The monoisotopic (exact) mass is 362 g/mol. The highest BCUT2D eigenvalue weighted by Gasteiger charge is 2.23. The van der Waals surface area contributed by atoms with Crippen molar-refractivity contribution in [2.75, 3.05) is 25.5 Å². The quantitative estimate of drug-likeness (QED) is 0.742. The lowest BCUT2D eigenvalue weighted by Gasteiger charge is -2.17. The van der Waals surface area contributed by atoms with Crippen molar-refractivity contribution in [3.05, 3.63) is 54.4 Å². The minimum Gasteiger partial charge on any atom is -0.325 e. The van der Waals surface area contributed by atoms with Crippen LogP contribution < -0.4 is 10.6 Å². The third-order valence-corrected chi connectivity index (χ3v) is 5.35. The molecule has 0 saturated heterocycles. The lowest BCUT2D eigenvalue weighted by Crippen LogP contribution is -2.35. The van der Waals surface area contributed by atoms with E-state index in [1.165, 1.54) is 31.6 Å². The molecule has 0 saturated carbocycles. The van der Waals surface area contributed by atoms with Gasteiger partial charge in [0.2, 0.25) is 15.9 Å². The highest BCUT2D eigenvalue weighted by Crippen LogP contribution is 2.16. The van der Waals surface area contributed by atoms with Crippen molar-refractivity contribution in [2.45, 2.75) is 18.4 Å². The van der Waals surface area contributed by atoms with Crippen molar-refractivity contribution >= 4 is 21.6 Å². The number of sulfonamides is 1. The van der Waals surface area contributed by atoms with Crippen LogP contribution in [0.25, 0.3) is 0 Å². The zero-order valence-corrected chi connectivity index (χ0v) is 15.1. The highest BCUT2D eigenvalue weighted by atomic mass is 32.2. The van der Waals surface area contributed by atoms with Gasteiger partial charge in [0.1, 0.15) is 4.90 Å². The zero-order chi connectivity index (χ0) is 18.3. The van der Waals surface area contributed by atoms with E-state index < -0.39 is 15.9 Å². The third kappa shape index (κ3) is 5.09. The molecule has 0 unspecified atom stereocenters. The molecular formula is C17H22N4O3S. The van der Waals surface area contributed by atoms with Gasteiger partial charge >= 0.3 is 0 Å². The topological polar surface area (TPSA) is 91.4 Å². The largest absolute Gasteiger partial charge is 0.325 e. The van der Waals surface area contributed by atoms with Gasteiger partial charge in [-0.1, -0.05) is 25.1 Å². The van der Waals surface area contributed by atoms with E-state index in [4.69, 9.17) is 0 Å². The van der Waals surface area contributed by atoms with Gasteiger partial charge in [-0.25, -0.2) is 8.42 Å². The molecule has 2 rings (SSSR count). The molecule has 0 bridgehead atoms. The summed E-state index contributed by atoms with van der Waals surface area (Å²) in [4.78, 5) is 16.1. The Morgan fingerprint density at radius 2 is 1.96 bits per heavy atom. The van der Waals surface area contributed by atoms with Crippen molar-refractivity contribution in [2.24, 2.45) is 0 Å². The van der Waals surface area contributed by atoms with E-state index in [9.17, 15) is 13.2 Å². The predicted molar refractivity (Wildman–Crippen MR) is 96.5 cm³/mol. The van der Waals surface area contributed by atoms with Crippen molar-refractivity contribution in [3.63, 3.8) is 0 Å². The summed E-state index contributed by atoms with van der Waals surface area (Å²) in [5.74, 6) is -0.404. The second-order valence-electron chi connectivity index (χ2n) is 5.44. The Hall–Kier alpha value is -2.29. The fraction of sp³-hybridized carbons (Fsp3) is 0.294. The smallest absolute Gasteiger partial charge is 0.244 e. The van der Waals surface area contributed by atoms with Crippen LogP contribution in [0.4, 0.5) is 5.69 Å². The lowest BCUT2D eigenvalue weighted by molar-refractivity contribution is -0.116. The maximum Gasteiger partial charge on any atom is 0.244 e. The molecule has 0 aliphatic heterocycles. The van der Waals surface area contributed by atoms with Gasteiger partial charge in [-0.3, -0.25) is 9.78 Å². The molecule has 8 heteroatoms. The standard InChI is InChI=1S/C17H22N4O3S/c1-3-18-11-14-7-4-5-9-16(14)20-17(22)13-21(2)25(23,24)15-8-6-10-19-12-15/h4-10,12,18H,3,11,13H2,1-2H3,(H,20,22). The van der Waals surface area contributed by atoms with Gasteiger partial charge in [-0.15, -0.1) is 0 Å². The number of benzene rings is 1. The summed E-state index contributed by atoms with van der Waals surface area (Å²) in [6.45, 7) is 3.15. The maximum absolute atomic E-state index is 12.4. The first kappa shape index (κ1) is 19.0. The summed E-state index contributed by atoms with van der Waals surface area (Å²) >= 11 is 0. The number of hydrogen-bond donors (Lipinski definition) is 2. The summed E-state index contributed by atoms with van der Waals surface area (Å²) in [7, 11) is -2.39. The molecule has 0 aliphatic carbocycles. The third-order valence-electron chi connectivity index (χ3n) is 3.57. The number of hydrogen-bond acceptors (Lipinski definition) is 5. The Bertz CT molecular complexity index is 810. The zero-order valence-electron chi connectivity index (χ0n) is 14.3. The van der Waals surface area contributed by atoms with Gasteiger partial charge in [0.25, 0.3) is 0 Å². The van der Waals surface area contributed by atoms with Crippen LogP contribution in [-0.2, 0) is 21.4 Å². The summed E-state index contributed by atoms with van der Waals surface area (Å²) in [6, 6.07) is 10.4. The van der Waals surface area contributed by atoms with Crippen molar-refractivity contribution < 1.29 is 13.2 Å². The van der Waals surface area contributed by atoms with Crippen LogP contribution in [0.15, 0.2) is 53.7 Å². The molecule has 1 aromatic carbocycles. The molecule has 0 aliphatic rings. The number of para-hydroxylation sites is 1. The molecule has 2 aromatic rings. The van der Waals surface area contributed by atoms with Crippen LogP contribution in [0.3, 0.4) is 0 Å². The van der Waals surface area contributed by atoms with E-state index in [1.54, 1.807) is 6.07 Å². The van der Waals surface area contributed by atoms with Crippen LogP contribution in [0.5, 0.6) is 0 Å². The number of carbonyl (C=O) groups is 1. The first-order valence-electron chi connectivity index (χ1n) is 7.90. The fourth-order valence-corrected chi connectivity index (χ4v) is 3.30.